The first-order valence-corrected chi connectivity index (χ1v) is 11.3. The fourth-order valence-electron chi connectivity index (χ4n) is 3.63. The molecule has 0 aliphatic carbocycles. The van der Waals surface area contributed by atoms with E-state index in [2.05, 4.69) is 36.2 Å². The number of aryl methyl sites for hydroxylation is 1. The van der Waals surface area contributed by atoms with Crippen LogP contribution in [0, 0.1) is 0 Å². The summed E-state index contributed by atoms with van der Waals surface area (Å²) in [7, 11) is 1.77. The molecule has 4 heterocycles. The van der Waals surface area contributed by atoms with Crippen molar-refractivity contribution in [3.63, 3.8) is 0 Å². The second-order valence-electron chi connectivity index (χ2n) is 7.59. The lowest BCUT2D eigenvalue weighted by Gasteiger charge is -2.16. The third kappa shape index (κ3) is 4.05. The lowest BCUT2D eigenvalue weighted by molar-refractivity contribution is 0.0779. The van der Waals surface area contributed by atoms with Crippen molar-refractivity contribution in [3.8, 4) is 17.1 Å². The highest BCUT2D eigenvalue weighted by atomic mass is 79.9. The topological polar surface area (TPSA) is 86.1 Å². The Morgan fingerprint density at radius 3 is 2.64 bits per heavy atom. The zero-order chi connectivity index (χ0) is 22.9. The molecule has 5 aromatic rings. The van der Waals surface area contributed by atoms with Crippen molar-refractivity contribution in [1.82, 2.24) is 39.1 Å². The van der Waals surface area contributed by atoms with Crippen LogP contribution in [0.15, 0.2) is 71.7 Å². The largest absolute Gasteiger partial charge is 0.336 e. The quantitative estimate of drug-likeness (QED) is 0.350. The first kappa shape index (κ1) is 21.1. The molecule has 0 fully saturated rings. The summed E-state index contributed by atoms with van der Waals surface area (Å²) in [6, 6.07) is 13.4. The maximum absolute atomic E-state index is 13.1. The molecule has 0 atom stereocenters. The summed E-state index contributed by atoms with van der Waals surface area (Å²) < 4.78 is 6.15. The van der Waals surface area contributed by atoms with E-state index in [1.807, 2.05) is 60.4 Å². The van der Waals surface area contributed by atoms with Gasteiger partial charge in [-0.05, 0) is 52.7 Å². The van der Waals surface area contributed by atoms with Crippen molar-refractivity contribution < 1.29 is 4.79 Å². The van der Waals surface area contributed by atoms with Gasteiger partial charge >= 0.3 is 0 Å². The van der Waals surface area contributed by atoms with Crippen LogP contribution in [0.25, 0.3) is 22.7 Å². The molecule has 0 spiro atoms. The van der Waals surface area contributed by atoms with Crippen molar-refractivity contribution in [2.45, 2.75) is 20.0 Å². The number of fused-ring (bicyclic) bond motifs is 1. The lowest BCUT2D eigenvalue weighted by atomic mass is 10.2. The maximum atomic E-state index is 13.1. The molecule has 0 saturated heterocycles. The zero-order valence-electron chi connectivity index (χ0n) is 18.1. The van der Waals surface area contributed by atoms with Crippen molar-refractivity contribution in [3.05, 3.63) is 83.0 Å². The van der Waals surface area contributed by atoms with Crippen LogP contribution in [-0.4, -0.2) is 52.0 Å². The molecular weight excluding hydrogens is 484 g/mol. The van der Waals surface area contributed by atoms with Crippen LogP contribution in [0.5, 0.6) is 0 Å². The van der Waals surface area contributed by atoms with Gasteiger partial charge in [0.1, 0.15) is 5.69 Å². The van der Waals surface area contributed by atoms with Gasteiger partial charge < -0.3 is 4.90 Å². The number of hydrogen-bond acceptors (Lipinski definition) is 5. The first-order valence-electron chi connectivity index (χ1n) is 10.5. The number of aromatic nitrogens is 7. The summed E-state index contributed by atoms with van der Waals surface area (Å²) in [5.41, 5.74) is 4.40. The Kier molecular flexibility index (Phi) is 5.51. The van der Waals surface area contributed by atoms with E-state index in [0.717, 1.165) is 33.7 Å². The van der Waals surface area contributed by atoms with Crippen molar-refractivity contribution in [2.24, 2.45) is 0 Å². The molecule has 0 saturated carbocycles. The fourth-order valence-corrected chi connectivity index (χ4v) is 4.15. The Bertz CT molecular complexity index is 1420. The third-order valence-electron chi connectivity index (χ3n) is 5.33. The van der Waals surface area contributed by atoms with Gasteiger partial charge in [0.2, 0.25) is 0 Å². The number of halogens is 1. The van der Waals surface area contributed by atoms with E-state index in [-0.39, 0.29) is 5.91 Å². The highest BCUT2D eigenvalue weighted by Gasteiger charge is 2.19. The van der Waals surface area contributed by atoms with Crippen LogP contribution in [0.3, 0.4) is 0 Å². The number of amides is 1. The Morgan fingerprint density at radius 2 is 1.94 bits per heavy atom. The molecule has 5 rings (SSSR count). The molecular formula is C23H21BrN8O. The molecule has 0 aliphatic rings. The molecule has 166 valence electrons. The smallest absolute Gasteiger partial charge is 0.274 e. The summed E-state index contributed by atoms with van der Waals surface area (Å²) in [5, 5.41) is 13.4. The minimum atomic E-state index is -0.180. The van der Waals surface area contributed by atoms with Crippen LogP contribution in [0.1, 0.15) is 23.0 Å². The molecule has 10 heteroatoms. The third-order valence-corrected chi connectivity index (χ3v) is 5.91. The Balaban J connectivity index is 1.38. The van der Waals surface area contributed by atoms with Crippen LogP contribution in [-0.2, 0) is 13.1 Å². The Labute approximate surface area is 198 Å². The summed E-state index contributed by atoms with van der Waals surface area (Å²) >= 11 is 3.57. The van der Waals surface area contributed by atoms with Gasteiger partial charge in [-0.25, -0.2) is 14.2 Å². The molecule has 0 aliphatic heterocycles. The van der Waals surface area contributed by atoms with Crippen LogP contribution in [0.4, 0.5) is 0 Å². The minimum absolute atomic E-state index is 0.180. The number of nitrogens with zero attached hydrogens (tertiary/aromatic N) is 8. The van der Waals surface area contributed by atoms with Gasteiger partial charge in [-0.2, -0.15) is 15.3 Å². The average molecular weight is 505 g/mol. The van der Waals surface area contributed by atoms with Gasteiger partial charge in [-0.3, -0.25) is 9.48 Å². The monoisotopic (exact) mass is 504 g/mol. The van der Waals surface area contributed by atoms with Gasteiger partial charge in [0, 0.05) is 51.0 Å². The van der Waals surface area contributed by atoms with E-state index in [4.69, 9.17) is 0 Å². The fraction of sp³-hybridized carbons (Fsp3) is 0.174. The van der Waals surface area contributed by atoms with E-state index in [1.54, 1.807) is 39.6 Å². The SMILES string of the molecule is CCn1cc(Br)c(-c2ccnc3cc(C(=O)N(C)Cc4ccc(-n5cccn5)cc4)nn23)n1. The number of carbonyl (C=O) groups excluding carboxylic acids is 1. The molecule has 33 heavy (non-hydrogen) atoms. The van der Waals surface area contributed by atoms with E-state index in [9.17, 15) is 4.79 Å². The Hall–Kier alpha value is -3.79. The predicted octanol–water partition coefficient (Wildman–Crippen LogP) is 3.83. The lowest BCUT2D eigenvalue weighted by Crippen LogP contribution is -2.26. The van der Waals surface area contributed by atoms with Crippen LogP contribution >= 0.6 is 15.9 Å². The van der Waals surface area contributed by atoms with Crippen molar-refractivity contribution >= 4 is 27.5 Å². The maximum Gasteiger partial charge on any atom is 0.274 e. The molecule has 1 amide bonds. The number of benzene rings is 1. The second kappa shape index (κ2) is 8.62. The van der Waals surface area contributed by atoms with E-state index in [1.165, 1.54) is 0 Å². The van der Waals surface area contributed by atoms with Gasteiger partial charge in [0.25, 0.3) is 5.91 Å². The first-order chi connectivity index (χ1) is 16.0. The molecule has 0 radical (unpaired) electrons. The molecule has 0 N–H and O–H groups in total. The van der Waals surface area contributed by atoms with Crippen LogP contribution in [0.2, 0.25) is 0 Å². The van der Waals surface area contributed by atoms with E-state index < -0.39 is 0 Å². The van der Waals surface area contributed by atoms with E-state index in [0.29, 0.717) is 17.9 Å². The number of rotatable bonds is 6. The van der Waals surface area contributed by atoms with Crippen LogP contribution < -0.4 is 0 Å². The number of carbonyl (C=O) groups is 1. The standard InChI is InChI=1S/C23H21BrN8O/c1-3-30-15-18(24)22(28-30)20-9-11-25-21-13-19(27-32(20)21)23(33)29(2)14-16-5-7-17(8-6-16)31-12-4-10-26-31/h4-13,15H,3,14H2,1-2H3. The summed E-state index contributed by atoms with van der Waals surface area (Å²) in [6.45, 7) is 3.24. The van der Waals surface area contributed by atoms with Gasteiger partial charge in [-0.15, -0.1) is 0 Å². The molecule has 9 nitrogen and oxygen atoms in total. The van der Waals surface area contributed by atoms with Crippen molar-refractivity contribution in [1.29, 1.82) is 0 Å². The number of hydrogen-bond donors (Lipinski definition) is 0. The summed E-state index contributed by atoms with van der Waals surface area (Å²) in [6.07, 6.45) is 7.25. The van der Waals surface area contributed by atoms with Crippen molar-refractivity contribution in [2.75, 3.05) is 7.05 Å². The zero-order valence-corrected chi connectivity index (χ0v) is 19.7. The summed E-state index contributed by atoms with van der Waals surface area (Å²) in [4.78, 5) is 19.1. The molecule has 1 aromatic carbocycles. The second-order valence-corrected chi connectivity index (χ2v) is 8.44. The highest BCUT2D eigenvalue weighted by molar-refractivity contribution is 9.10. The Morgan fingerprint density at radius 1 is 1.12 bits per heavy atom. The predicted molar refractivity (Wildman–Crippen MR) is 127 cm³/mol. The molecule has 0 bridgehead atoms. The normalized spacial score (nSPS) is 11.2. The summed E-state index contributed by atoms with van der Waals surface area (Å²) in [5.74, 6) is -0.180. The average Bonchev–Trinajstić information content (AvgIpc) is 3.58. The minimum Gasteiger partial charge on any atom is -0.336 e. The van der Waals surface area contributed by atoms with E-state index >= 15 is 0 Å². The van der Waals surface area contributed by atoms with Gasteiger partial charge in [-0.1, -0.05) is 12.1 Å². The molecule has 4 aromatic heterocycles. The van der Waals surface area contributed by atoms with Gasteiger partial charge in [0.05, 0.1) is 15.9 Å². The molecule has 0 unspecified atom stereocenters. The van der Waals surface area contributed by atoms with Gasteiger partial charge in [0.15, 0.2) is 11.3 Å². The highest BCUT2D eigenvalue weighted by Crippen LogP contribution is 2.27.